The molecule has 0 saturated carbocycles. The topological polar surface area (TPSA) is 40.5 Å². The van der Waals surface area contributed by atoms with Crippen LogP contribution in [0.1, 0.15) is 39.0 Å². The van der Waals surface area contributed by atoms with E-state index in [0.717, 1.165) is 38.1 Å². The number of allylic oxidation sites excluding steroid dienone is 2. The first-order chi connectivity index (χ1) is 7.18. The first-order valence-corrected chi connectivity index (χ1v) is 5.87. The minimum atomic E-state index is -0.660. The molecule has 0 amide bonds. The summed E-state index contributed by atoms with van der Waals surface area (Å²) >= 11 is 0. The summed E-state index contributed by atoms with van der Waals surface area (Å²) in [7, 11) is 0. The highest BCUT2D eigenvalue weighted by atomic mass is 16.4. The van der Waals surface area contributed by atoms with Crippen LogP contribution in [0.3, 0.4) is 0 Å². The van der Waals surface area contributed by atoms with Crippen molar-refractivity contribution in [2.24, 2.45) is 5.92 Å². The lowest BCUT2D eigenvalue weighted by atomic mass is 9.93. The fourth-order valence-electron chi connectivity index (χ4n) is 2.58. The molecule has 3 heteroatoms. The Hall–Kier alpha value is -0.990. The van der Waals surface area contributed by atoms with Crippen LogP contribution in [0.5, 0.6) is 0 Å². The van der Waals surface area contributed by atoms with E-state index in [1.54, 1.807) is 0 Å². The molecule has 0 spiro atoms. The molecule has 2 atom stereocenters. The Bertz CT molecular complexity index is 285. The molecule has 1 saturated heterocycles. The first kappa shape index (κ1) is 10.5. The maximum absolute atomic E-state index is 11.1. The number of hydrogen-bond donors (Lipinski definition) is 1. The predicted octanol–water partition coefficient (Wildman–Crippen LogP) is 2.24. The second kappa shape index (κ2) is 4.25. The van der Waals surface area contributed by atoms with E-state index in [4.69, 9.17) is 5.11 Å². The van der Waals surface area contributed by atoms with Crippen LogP contribution in [-0.4, -0.2) is 28.6 Å². The van der Waals surface area contributed by atoms with Crippen molar-refractivity contribution in [3.05, 3.63) is 11.8 Å². The Morgan fingerprint density at radius 2 is 2.33 bits per heavy atom. The Morgan fingerprint density at radius 1 is 1.53 bits per heavy atom. The zero-order valence-corrected chi connectivity index (χ0v) is 9.28. The molecule has 0 aromatic heterocycles. The zero-order valence-electron chi connectivity index (χ0n) is 9.28. The van der Waals surface area contributed by atoms with E-state index in [1.807, 2.05) is 0 Å². The molecule has 0 bridgehead atoms. The molecular formula is C12H19NO2. The van der Waals surface area contributed by atoms with Crippen molar-refractivity contribution in [3.63, 3.8) is 0 Å². The minimum Gasteiger partial charge on any atom is -0.480 e. The highest BCUT2D eigenvalue weighted by Gasteiger charge is 2.32. The normalized spacial score (nSPS) is 31.5. The first-order valence-electron chi connectivity index (χ1n) is 5.87. The summed E-state index contributed by atoms with van der Waals surface area (Å²) in [5.41, 5.74) is 1.28. The van der Waals surface area contributed by atoms with Gasteiger partial charge in [0, 0.05) is 12.2 Å². The summed E-state index contributed by atoms with van der Waals surface area (Å²) in [6.07, 6.45) is 7.44. The molecule has 15 heavy (non-hydrogen) atoms. The second-order valence-corrected chi connectivity index (χ2v) is 4.76. The van der Waals surface area contributed by atoms with Crippen LogP contribution in [0, 0.1) is 5.92 Å². The van der Waals surface area contributed by atoms with E-state index in [1.165, 1.54) is 12.1 Å². The van der Waals surface area contributed by atoms with Crippen LogP contribution in [0.15, 0.2) is 11.8 Å². The van der Waals surface area contributed by atoms with E-state index in [2.05, 4.69) is 17.9 Å². The Labute approximate surface area is 90.8 Å². The van der Waals surface area contributed by atoms with Crippen LogP contribution in [0.25, 0.3) is 0 Å². The van der Waals surface area contributed by atoms with Gasteiger partial charge >= 0.3 is 5.97 Å². The molecule has 2 aliphatic rings. The molecule has 1 N–H and O–H groups in total. The molecule has 1 unspecified atom stereocenters. The molecule has 3 nitrogen and oxygen atoms in total. The average molecular weight is 209 g/mol. The molecule has 1 fully saturated rings. The molecule has 2 rings (SSSR count). The maximum Gasteiger partial charge on any atom is 0.326 e. The number of nitrogens with zero attached hydrogens (tertiary/aromatic N) is 1. The van der Waals surface area contributed by atoms with E-state index < -0.39 is 5.97 Å². The van der Waals surface area contributed by atoms with Crippen LogP contribution in [-0.2, 0) is 4.79 Å². The van der Waals surface area contributed by atoms with Gasteiger partial charge in [-0.3, -0.25) is 0 Å². The Morgan fingerprint density at radius 3 is 2.93 bits per heavy atom. The van der Waals surface area contributed by atoms with Gasteiger partial charge in [-0.1, -0.05) is 13.0 Å². The van der Waals surface area contributed by atoms with Crippen molar-refractivity contribution in [2.75, 3.05) is 6.54 Å². The third kappa shape index (κ3) is 2.16. The molecule has 84 valence electrons. The summed E-state index contributed by atoms with van der Waals surface area (Å²) in [4.78, 5) is 13.2. The SMILES string of the molecule is CC1CC=C(N2CCC[C@H]2C(=O)O)CC1. The van der Waals surface area contributed by atoms with Crippen molar-refractivity contribution >= 4 is 5.97 Å². The summed E-state index contributed by atoms with van der Waals surface area (Å²) in [5.74, 6) is 0.103. The fraction of sp³-hybridized carbons (Fsp3) is 0.750. The average Bonchev–Trinajstić information content (AvgIpc) is 2.67. The lowest BCUT2D eigenvalue weighted by Crippen LogP contribution is -2.36. The second-order valence-electron chi connectivity index (χ2n) is 4.76. The molecule has 1 aliphatic heterocycles. The number of aliphatic carboxylic acids is 1. The fourth-order valence-corrected chi connectivity index (χ4v) is 2.58. The van der Waals surface area contributed by atoms with Crippen molar-refractivity contribution < 1.29 is 9.90 Å². The summed E-state index contributed by atoms with van der Waals surface area (Å²) in [6, 6.07) is -0.260. The van der Waals surface area contributed by atoms with Gasteiger partial charge in [-0.15, -0.1) is 0 Å². The van der Waals surface area contributed by atoms with E-state index in [0.29, 0.717) is 0 Å². The number of carboxylic acids is 1. The zero-order chi connectivity index (χ0) is 10.8. The molecule has 0 aromatic rings. The number of carbonyl (C=O) groups is 1. The third-order valence-corrected chi connectivity index (χ3v) is 3.56. The number of rotatable bonds is 2. The Kier molecular flexibility index (Phi) is 2.98. The van der Waals surface area contributed by atoms with Gasteiger partial charge in [0.1, 0.15) is 6.04 Å². The lowest BCUT2D eigenvalue weighted by Gasteiger charge is -2.30. The van der Waals surface area contributed by atoms with Gasteiger partial charge in [0.05, 0.1) is 0 Å². The highest BCUT2D eigenvalue weighted by Crippen LogP contribution is 2.30. The quantitative estimate of drug-likeness (QED) is 0.758. The molecular weight excluding hydrogens is 190 g/mol. The van der Waals surface area contributed by atoms with E-state index in [9.17, 15) is 4.79 Å². The summed E-state index contributed by atoms with van der Waals surface area (Å²) in [6.45, 7) is 3.18. The van der Waals surface area contributed by atoms with Crippen LogP contribution >= 0.6 is 0 Å². The molecule has 0 radical (unpaired) electrons. The summed E-state index contributed by atoms with van der Waals surface area (Å²) in [5, 5.41) is 9.10. The van der Waals surface area contributed by atoms with Crippen molar-refractivity contribution in [1.29, 1.82) is 0 Å². The minimum absolute atomic E-state index is 0.260. The third-order valence-electron chi connectivity index (χ3n) is 3.56. The monoisotopic (exact) mass is 209 g/mol. The van der Waals surface area contributed by atoms with E-state index in [-0.39, 0.29) is 6.04 Å². The number of likely N-dealkylation sites (tertiary alicyclic amines) is 1. The van der Waals surface area contributed by atoms with Gasteiger partial charge in [0.25, 0.3) is 0 Å². The van der Waals surface area contributed by atoms with Gasteiger partial charge in [-0.05, 0) is 38.0 Å². The maximum atomic E-state index is 11.1. The van der Waals surface area contributed by atoms with Crippen molar-refractivity contribution in [3.8, 4) is 0 Å². The lowest BCUT2D eigenvalue weighted by molar-refractivity contribution is -0.141. The standard InChI is InChI=1S/C12H19NO2/c1-9-4-6-10(7-5-9)13-8-2-3-11(13)12(14)15/h6,9,11H,2-5,7-8H2,1H3,(H,14,15)/t9?,11-/m0/s1. The summed E-state index contributed by atoms with van der Waals surface area (Å²) < 4.78 is 0. The number of hydrogen-bond acceptors (Lipinski definition) is 2. The largest absolute Gasteiger partial charge is 0.480 e. The Balaban J connectivity index is 2.06. The number of carboxylic acid groups (broad SMARTS) is 1. The van der Waals surface area contributed by atoms with Gasteiger partial charge in [0.2, 0.25) is 0 Å². The van der Waals surface area contributed by atoms with Gasteiger partial charge in [-0.2, -0.15) is 0 Å². The van der Waals surface area contributed by atoms with Crippen molar-refractivity contribution in [2.45, 2.75) is 45.1 Å². The highest BCUT2D eigenvalue weighted by molar-refractivity contribution is 5.74. The van der Waals surface area contributed by atoms with E-state index >= 15 is 0 Å². The molecule has 1 heterocycles. The van der Waals surface area contributed by atoms with Crippen LogP contribution < -0.4 is 0 Å². The molecule has 0 aromatic carbocycles. The van der Waals surface area contributed by atoms with Crippen LogP contribution in [0.4, 0.5) is 0 Å². The van der Waals surface area contributed by atoms with Crippen LogP contribution in [0.2, 0.25) is 0 Å². The van der Waals surface area contributed by atoms with Gasteiger partial charge < -0.3 is 10.0 Å². The van der Waals surface area contributed by atoms with Crippen molar-refractivity contribution in [1.82, 2.24) is 4.90 Å². The predicted molar refractivity (Wildman–Crippen MR) is 58.5 cm³/mol. The smallest absolute Gasteiger partial charge is 0.326 e. The molecule has 1 aliphatic carbocycles. The van der Waals surface area contributed by atoms with Gasteiger partial charge in [0.15, 0.2) is 0 Å². The van der Waals surface area contributed by atoms with Gasteiger partial charge in [-0.25, -0.2) is 4.79 Å².